The molecule has 1 aromatic rings. The van der Waals surface area contributed by atoms with E-state index in [4.69, 9.17) is 9.47 Å². The number of hydrogen-bond acceptors (Lipinski definition) is 7. The molecule has 1 aromatic carbocycles. The van der Waals surface area contributed by atoms with E-state index in [1.165, 1.54) is 4.31 Å². The number of hydrogen-bond donors (Lipinski definition) is 1. The molecule has 0 saturated carbocycles. The molecule has 8 nitrogen and oxygen atoms in total. The molecule has 0 unspecified atom stereocenters. The number of rotatable bonds is 8. The quantitative estimate of drug-likeness (QED) is 0.646. The fraction of sp³-hybridized carbons (Fsp3) is 0.700. The number of sulfonamides is 1. The van der Waals surface area contributed by atoms with Crippen LogP contribution < -0.4 is 4.74 Å². The average molecular weight is 428 g/mol. The molecule has 0 amide bonds. The number of aliphatic hydroxyl groups excluding tert-OH is 1. The Kier molecular flexibility index (Phi) is 7.89. The predicted octanol–water partition coefficient (Wildman–Crippen LogP) is 0.473. The molecule has 0 aliphatic carbocycles. The van der Waals surface area contributed by atoms with Crippen molar-refractivity contribution in [2.45, 2.75) is 30.9 Å². The summed E-state index contributed by atoms with van der Waals surface area (Å²) in [6, 6.07) is 7.07. The molecule has 1 N–H and O–H groups in total. The van der Waals surface area contributed by atoms with E-state index in [0.29, 0.717) is 51.2 Å². The minimum Gasteiger partial charge on any atom is -0.492 e. The maximum Gasteiger partial charge on any atom is 0.243 e. The molecule has 2 atom stereocenters. The highest BCUT2D eigenvalue weighted by molar-refractivity contribution is 7.89. The van der Waals surface area contributed by atoms with Crippen LogP contribution >= 0.6 is 0 Å². The lowest BCUT2D eigenvalue weighted by Crippen LogP contribution is -2.53. The smallest absolute Gasteiger partial charge is 0.243 e. The van der Waals surface area contributed by atoms with Gasteiger partial charge in [-0.25, -0.2) is 8.42 Å². The maximum atomic E-state index is 12.7. The van der Waals surface area contributed by atoms with Crippen molar-refractivity contribution in [1.82, 2.24) is 14.1 Å². The van der Waals surface area contributed by atoms with E-state index in [2.05, 4.69) is 16.7 Å². The fourth-order valence-electron chi connectivity index (χ4n) is 3.87. The lowest BCUT2D eigenvalue weighted by molar-refractivity contribution is 0.0445. The molecular weight excluding hydrogens is 394 g/mol. The van der Waals surface area contributed by atoms with E-state index < -0.39 is 10.0 Å². The van der Waals surface area contributed by atoms with Gasteiger partial charge in [0, 0.05) is 51.9 Å². The Balaban J connectivity index is 1.46. The van der Waals surface area contributed by atoms with E-state index in [-0.39, 0.29) is 11.0 Å². The van der Waals surface area contributed by atoms with Crippen LogP contribution in [-0.4, -0.2) is 105 Å². The van der Waals surface area contributed by atoms with E-state index in [9.17, 15) is 13.5 Å². The second-order valence-corrected chi connectivity index (χ2v) is 9.77. The minimum absolute atomic E-state index is 0.287. The summed E-state index contributed by atoms with van der Waals surface area (Å²) in [7, 11) is -3.47. The first-order valence-electron chi connectivity index (χ1n) is 10.3. The van der Waals surface area contributed by atoms with Crippen molar-refractivity contribution in [3.63, 3.8) is 0 Å². The number of ether oxygens (including phenoxy) is 2. The first-order valence-corrected chi connectivity index (χ1v) is 11.8. The summed E-state index contributed by atoms with van der Waals surface area (Å²) in [6.45, 7) is 10.6. The molecule has 2 heterocycles. The summed E-state index contributed by atoms with van der Waals surface area (Å²) in [5, 5.41) is 9.55. The highest BCUT2D eigenvalue weighted by Crippen LogP contribution is 2.20. The van der Waals surface area contributed by atoms with Gasteiger partial charge in [0.2, 0.25) is 10.0 Å². The van der Waals surface area contributed by atoms with Gasteiger partial charge in [0.05, 0.1) is 24.2 Å². The second kappa shape index (κ2) is 10.2. The third kappa shape index (κ3) is 6.13. The van der Waals surface area contributed by atoms with Crippen molar-refractivity contribution in [3.05, 3.63) is 24.3 Å². The molecule has 9 heteroatoms. The van der Waals surface area contributed by atoms with Crippen molar-refractivity contribution in [1.29, 1.82) is 0 Å². The van der Waals surface area contributed by atoms with Crippen molar-refractivity contribution >= 4 is 10.0 Å². The van der Waals surface area contributed by atoms with Crippen LogP contribution in [0.15, 0.2) is 29.2 Å². The van der Waals surface area contributed by atoms with Crippen LogP contribution in [0, 0.1) is 0 Å². The van der Waals surface area contributed by atoms with E-state index >= 15 is 0 Å². The van der Waals surface area contributed by atoms with Gasteiger partial charge in [0.15, 0.2) is 0 Å². The van der Waals surface area contributed by atoms with Crippen LogP contribution in [0.4, 0.5) is 0 Å². The number of benzene rings is 1. The minimum atomic E-state index is -3.47. The van der Waals surface area contributed by atoms with Gasteiger partial charge in [-0.1, -0.05) is 0 Å². The summed E-state index contributed by atoms with van der Waals surface area (Å²) < 4.78 is 37.8. The van der Waals surface area contributed by atoms with E-state index in [1.54, 1.807) is 24.3 Å². The summed E-state index contributed by atoms with van der Waals surface area (Å²) in [5.41, 5.74) is 0. The zero-order valence-corrected chi connectivity index (χ0v) is 18.2. The van der Waals surface area contributed by atoms with Crippen LogP contribution in [-0.2, 0) is 14.8 Å². The normalized spacial score (nSPS) is 23.8. The van der Waals surface area contributed by atoms with Gasteiger partial charge in [-0.2, -0.15) is 4.31 Å². The molecule has 0 spiro atoms. The Bertz CT molecular complexity index is 735. The molecule has 2 aliphatic rings. The summed E-state index contributed by atoms with van der Waals surface area (Å²) >= 11 is 0. The van der Waals surface area contributed by atoms with Gasteiger partial charge in [-0.05, 0) is 38.1 Å². The SMILES string of the molecule is C[C@@H](O)CN1CCN(CCOc2ccc(S(=O)(=O)N3CCOCC3)cc2)[C@@H](C)C1. The zero-order valence-electron chi connectivity index (χ0n) is 17.4. The number of nitrogens with zero attached hydrogens (tertiary/aromatic N) is 3. The second-order valence-electron chi connectivity index (χ2n) is 7.83. The molecule has 164 valence electrons. The van der Waals surface area contributed by atoms with Crippen molar-refractivity contribution in [2.24, 2.45) is 0 Å². The molecule has 0 aromatic heterocycles. The maximum absolute atomic E-state index is 12.7. The van der Waals surface area contributed by atoms with Crippen LogP contribution in [0.5, 0.6) is 5.75 Å². The van der Waals surface area contributed by atoms with E-state index in [1.807, 2.05) is 6.92 Å². The Morgan fingerprint density at radius 1 is 1.17 bits per heavy atom. The largest absolute Gasteiger partial charge is 0.492 e. The Morgan fingerprint density at radius 3 is 2.48 bits per heavy atom. The molecule has 2 aliphatic heterocycles. The van der Waals surface area contributed by atoms with Gasteiger partial charge in [0.25, 0.3) is 0 Å². The van der Waals surface area contributed by atoms with Crippen LogP contribution in [0.1, 0.15) is 13.8 Å². The van der Waals surface area contributed by atoms with Crippen molar-refractivity contribution in [2.75, 3.05) is 65.6 Å². The third-order valence-electron chi connectivity index (χ3n) is 5.45. The first kappa shape index (κ1) is 22.5. The topological polar surface area (TPSA) is 82.5 Å². The highest BCUT2D eigenvalue weighted by atomic mass is 32.2. The third-order valence-corrected chi connectivity index (χ3v) is 7.36. The van der Waals surface area contributed by atoms with Crippen LogP contribution in [0.2, 0.25) is 0 Å². The Hall–Kier alpha value is -1.23. The molecule has 29 heavy (non-hydrogen) atoms. The lowest BCUT2D eigenvalue weighted by atomic mass is 10.2. The van der Waals surface area contributed by atoms with E-state index in [0.717, 1.165) is 26.2 Å². The standard InChI is InChI=1S/C20H33N3O5S/c1-17-15-21(16-18(2)24)7-8-22(17)9-14-28-19-3-5-20(6-4-19)29(25,26)23-10-12-27-13-11-23/h3-6,17-18,24H,7-16H2,1-2H3/t17-,18+/m0/s1. The first-order chi connectivity index (χ1) is 13.9. The monoisotopic (exact) mass is 427 g/mol. The van der Waals surface area contributed by atoms with Crippen molar-refractivity contribution < 1.29 is 23.0 Å². The van der Waals surface area contributed by atoms with Crippen LogP contribution in [0.25, 0.3) is 0 Å². The van der Waals surface area contributed by atoms with Gasteiger partial charge in [0.1, 0.15) is 12.4 Å². The van der Waals surface area contributed by atoms with Gasteiger partial charge in [-0.15, -0.1) is 0 Å². The lowest BCUT2D eigenvalue weighted by Gasteiger charge is -2.40. The average Bonchev–Trinajstić information content (AvgIpc) is 2.70. The summed E-state index contributed by atoms with van der Waals surface area (Å²) in [4.78, 5) is 4.96. The van der Waals surface area contributed by atoms with Crippen molar-refractivity contribution in [3.8, 4) is 5.75 Å². The zero-order chi connectivity index (χ0) is 20.9. The summed E-state index contributed by atoms with van der Waals surface area (Å²) in [5.74, 6) is 0.673. The molecule has 2 saturated heterocycles. The van der Waals surface area contributed by atoms with Gasteiger partial charge >= 0.3 is 0 Å². The highest BCUT2D eigenvalue weighted by Gasteiger charge is 2.26. The molecule has 0 bridgehead atoms. The summed E-state index contributed by atoms with van der Waals surface area (Å²) in [6.07, 6.45) is -0.299. The van der Waals surface area contributed by atoms with Crippen LogP contribution in [0.3, 0.4) is 0 Å². The Labute approximate surface area is 174 Å². The van der Waals surface area contributed by atoms with Gasteiger partial charge < -0.3 is 14.6 Å². The fourth-order valence-corrected chi connectivity index (χ4v) is 5.27. The molecule has 0 radical (unpaired) electrons. The molecule has 3 rings (SSSR count). The number of aliphatic hydroxyl groups is 1. The Morgan fingerprint density at radius 2 is 1.86 bits per heavy atom. The molecule has 2 fully saturated rings. The predicted molar refractivity (Wildman–Crippen MR) is 111 cm³/mol. The molecular formula is C20H33N3O5S. The number of morpholine rings is 1. The number of piperazine rings is 1. The number of β-amino-alcohol motifs (C(OH)–C–C–N with tert-alkyl or cyclic N) is 1. The van der Waals surface area contributed by atoms with Gasteiger partial charge in [-0.3, -0.25) is 9.80 Å².